The molecule has 3 N–H and O–H groups in total. The Labute approximate surface area is 129 Å². The molecule has 1 heterocycles. The molecule has 0 saturated heterocycles. The molecule has 0 aliphatic heterocycles. The van der Waals surface area contributed by atoms with Crippen LogP contribution in [-0.2, 0) is 9.59 Å². The molecule has 1 atom stereocenters. The van der Waals surface area contributed by atoms with Gasteiger partial charge in [0.2, 0.25) is 5.91 Å². The highest BCUT2D eigenvalue weighted by Gasteiger charge is 2.21. The molecule has 0 bridgehead atoms. The highest BCUT2D eigenvalue weighted by atomic mass is 16.4. The molecule has 0 spiro atoms. The van der Waals surface area contributed by atoms with E-state index in [1.165, 1.54) is 6.20 Å². The van der Waals surface area contributed by atoms with Gasteiger partial charge in [-0.05, 0) is 31.4 Å². The van der Waals surface area contributed by atoms with E-state index in [1.54, 1.807) is 19.1 Å². The topological polar surface area (TPSA) is 108 Å². The Morgan fingerprint density at radius 1 is 1.27 bits per heavy atom. The number of carboxylic acids is 1. The van der Waals surface area contributed by atoms with E-state index >= 15 is 0 Å². The molecule has 1 aromatic rings. The van der Waals surface area contributed by atoms with E-state index in [2.05, 4.69) is 15.6 Å². The molecule has 0 saturated carbocycles. The van der Waals surface area contributed by atoms with Gasteiger partial charge in [-0.25, -0.2) is 4.79 Å². The third-order valence-corrected chi connectivity index (χ3v) is 2.92. The van der Waals surface area contributed by atoms with Gasteiger partial charge in [-0.1, -0.05) is 13.8 Å². The zero-order valence-corrected chi connectivity index (χ0v) is 12.9. The number of amides is 2. The average Bonchev–Trinajstić information content (AvgIpc) is 2.44. The van der Waals surface area contributed by atoms with Crippen molar-refractivity contribution in [2.24, 2.45) is 5.92 Å². The summed E-state index contributed by atoms with van der Waals surface area (Å²) in [6, 6.07) is 2.34. The van der Waals surface area contributed by atoms with Crippen LogP contribution in [-0.4, -0.2) is 40.5 Å². The minimum absolute atomic E-state index is 0.134. The lowest BCUT2D eigenvalue weighted by Gasteiger charge is -2.16. The molecule has 7 nitrogen and oxygen atoms in total. The van der Waals surface area contributed by atoms with Crippen molar-refractivity contribution in [1.29, 1.82) is 0 Å². The zero-order chi connectivity index (χ0) is 16.7. The molecule has 120 valence electrons. The van der Waals surface area contributed by atoms with E-state index in [4.69, 9.17) is 5.11 Å². The number of nitrogens with zero attached hydrogens (tertiary/aromatic N) is 1. The second kappa shape index (κ2) is 8.11. The monoisotopic (exact) mass is 307 g/mol. The minimum atomic E-state index is -1.09. The second-order valence-electron chi connectivity index (χ2n) is 5.46. The van der Waals surface area contributed by atoms with Crippen molar-refractivity contribution in [2.75, 3.05) is 6.54 Å². The van der Waals surface area contributed by atoms with Crippen LogP contribution in [0.2, 0.25) is 0 Å². The van der Waals surface area contributed by atoms with E-state index in [1.807, 2.05) is 13.8 Å². The van der Waals surface area contributed by atoms with Crippen molar-refractivity contribution in [3.63, 3.8) is 0 Å². The lowest BCUT2D eigenvalue weighted by molar-refractivity contribution is -0.142. The van der Waals surface area contributed by atoms with Gasteiger partial charge in [-0.2, -0.15) is 0 Å². The standard InChI is InChI=1S/C15H21N3O4/c1-9(2)6-12(15(21)22)18-13(19)8-17-14(20)11-5-4-10(3)16-7-11/h4-5,7,9,12H,6,8H2,1-3H3,(H,17,20)(H,18,19)(H,21,22)/t12-/m0/s1. The minimum Gasteiger partial charge on any atom is -0.480 e. The van der Waals surface area contributed by atoms with Crippen LogP contribution in [0.25, 0.3) is 0 Å². The van der Waals surface area contributed by atoms with Crippen LogP contribution in [0.15, 0.2) is 18.3 Å². The third-order valence-electron chi connectivity index (χ3n) is 2.92. The van der Waals surface area contributed by atoms with E-state index in [0.717, 1.165) is 5.69 Å². The van der Waals surface area contributed by atoms with Gasteiger partial charge >= 0.3 is 5.97 Å². The Morgan fingerprint density at radius 2 is 1.95 bits per heavy atom. The summed E-state index contributed by atoms with van der Waals surface area (Å²) < 4.78 is 0. The summed E-state index contributed by atoms with van der Waals surface area (Å²) in [5.74, 6) is -1.93. The van der Waals surface area contributed by atoms with Gasteiger partial charge in [0, 0.05) is 11.9 Å². The van der Waals surface area contributed by atoms with Crippen molar-refractivity contribution in [3.05, 3.63) is 29.6 Å². The summed E-state index contributed by atoms with van der Waals surface area (Å²) in [6.45, 7) is 5.26. The molecule has 1 aromatic heterocycles. The summed E-state index contributed by atoms with van der Waals surface area (Å²) in [7, 11) is 0. The Bertz CT molecular complexity index is 540. The molecule has 0 radical (unpaired) electrons. The average molecular weight is 307 g/mol. The number of hydrogen-bond acceptors (Lipinski definition) is 4. The number of aromatic nitrogens is 1. The Balaban J connectivity index is 2.49. The molecular formula is C15H21N3O4. The first-order valence-corrected chi connectivity index (χ1v) is 7.02. The number of hydrogen-bond donors (Lipinski definition) is 3. The van der Waals surface area contributed by atoms with Crippen LogP contribution in [0.5, 0.6) is 0 Å². The fourth-order valence-corrected chi connectivity index (χ4v) is 1.80. The van der Waals surface area contributed by atoms with E-state index in [0.29, 0.717) is 12.0 Å². The molecule has 0 aliphatic carbocycles. The van der Waals surface area contributed by atoms with E-state index < -0.39 is 23.8 Å². The summed E-state index contributed by atoms with van der Waals surface area (Å²) >= 11 is 0. The second-order valence-corrected chi connectivity index (χ2v) is 5.46. The van der Waals surface area contributed by atoms with Crippen LogP contribution in [0.1, 0.15) is 36.3 Å². The SMILES string of the molecule is Cc1ccc(C(=O)NCC(=O)N[C@@H](CC(C)C)C(=O)O)cn1. The van der Waals surface area contributed by atoms with E-state index in [-0.39, 0.29) is 12.5 Å². The fraction of sp³-hybridized carbons (Fsp3) is 0.467. The number of carbonyl (C=O) groups excluding carboxylic acids is 2. The maximum Gasteiger partial charge on any atom is 0.326 e. The molecule has 1 rings (SSSR count). The number of aliphatic carboxylic acids is 1. The number of carbonyl (C=O) groups is 3. The number of aryl methyl sites for hydroxylation is 1. The summed E-state index contributed by atoms with van der Waals surface area (Å²) in [5.41, 5.74) is 1.13. The number of pyridine rings is 1. The van der Waals surface area contributed by atoms with Gasteiger partial charge in [0.1, 0.15) is 6.04 Å². The lowest BCUT2D eigenvalue weighted by Crippen LogP contribution is -2.46. The lowest BCUT2D eigenvalue weighted by atomic mass is 10.0. The highest BCUT2D eigenvalue weighted by Crippen LogP contribution is 2.04. The summed E-state index contributed by atoms with van der Waals surface area (Å²) in [4.78, 5) is 38.6. The number of nitrogens with one attached hydrogen (secondary N) is 2. The van der Waals surface area contributed by atoms with Crippen molar-refractivity contribution >= 4 is 17.8 Å². The predicted molar refractivity (Wildman–Crippen MR) is 80.3 cm³/mol. The Morgan fingerprint density at radius 3 is 2.45 bits per heavy atom. The highest BCUT2D eigenvalue weighted by molar-refractivity contribution is 5.96. The normalized spacial score (nSPS) is 11.8. The molecule has 7 heteroatoms. The zero-order valence-electron chi connectivity index (χ0n) is 12.9. The van der Waals surface area contributed by atoms with Gasteiger partial charge in [-0.15, -0.1) is 0 Å². The van der Waals surface area contributed by atoms with Gasteiger partial charge in [-0.3, -0.25) is 14.6 Å². The van der Waals surface area contributed by atoms with Crippen molar-refractivity contribution in [2.45, 2.75) is 33.2 Å². The van der Waals surface area contributed by atoms with Gasteiger partial charge < -0.3 is 15.7 Å². The molecular weight excluding hydrogens is 286 g/mol. The van der Waals surface area contributed by atoms with Crippen LogP contribution < -0.4 is 10.6 Å². The van der Waals surface area contributed by atoms with E-state index in [9.17, 15) is 14.4 Å². The summed E-state index contributed by atoms with van der Waals surface area (Å²) in [6.07, 6.45) is 1.75. The quantitative estimate of drug-likeness (QED) is 0.688. The predicted octanol–water partition coefficient (Wildman–Crippen LogP) is 0.735. The van der Waals surface area contributed by atoms with Crippen molar-refractivity contribution < 1.29 is 19.5 Å². The molecule has 0 aliphatic rings. The first-order chi connectivity index (χ1) is 10.3. The maximum absolute atomic E-state index is 11.8. The van der Waals surface area contributed by atoms with Crippen LogP contribution >= 0.6 is 0 Å². The smallest absolute Gasteiger partial charge is 0.326 e. The molecule has 2 amide bonds. The van der Waals surface area contributed by atoms with Crippen LogP contribution in [0.4, 0.5) is 0 Å². The largest absolute Gasteiger partial charge is 0.480 e. The third kappa shape index (κ3) is 5.90. The van der Waals surface area contributed by atoms with Gasteiger partial charge in [0.25, 0.3) is 5.91 Å². The van der Waals surface area contributed by atoms with Gasteiger partial charge in [0.05, 0.1) is 12.1 Å². The fourth-order valence-electron chi connectivity index (χ4n) is 1.80. The van der Waals surface area contributed by atoms with Crippen molar-refractivity contribution in [3.8, 4) is 0 Å². The number of rotatable bonds is 7. The summed E-state index contributed by atoms with van der Waals surface area (Å²) in [5, 5.41) is 13.9. The Kier molecular flexibility index (Phi) is 6.49. The van der Waals surface area contributed by atoms with Crippen LogP contribution in [0, 0.1) is 12.8 Å². The first-order valence-electron chi connectivity index (χ1n) is 7.02. The molecule has 22 heavy (non-hydrogen) atoms. The van der Waals surface area contributed by atoms with Crippen LogP contribution in [0.3, 0.4) is 0 Å². The molecule has 0 fully saturated rings. The van der Waals surface area contributed by atoms with Crippen molar-refractivity contribution in [1.82, 2.24) is 15.6 Å². The maximum atomic E-state index is 11.8. The molecule has 0 unspecified atom stereocenters. The first kappa shape index (κ1) is 17.6. The molecule has 0 aromatic carbocycles. The number of carboxylic acid groups (broad SMARTS) is 1. The van der Waals surface area contributed by atoms with Gasteiger partial charge in [0.15, 0.2) is 0 Å². The Hall–Kier alpha value is -2.44.